The van der Waals surface area contributed by atoms with Crippen LogP contribution in [-0.2, 0) is 0 Å². The van der Waals surface area contributed by atoms with Gasteiger partial charge in [0.25, 0.3) is 0 Å². The van der Waals surface area contributed by atoms with E-state index in [4.69, 9.17) is 5.26 Å². The second kappa shape index (κ2) is 1.70. The number of nitrogens with zero attached hydrogens (tertiary/aromatic N) is 1. The minimum atomic E-state index is -0.598. The molecule has 1 N–H and O–H groups in total. The Morgan fingerprint density at radius 3 is 2.17 bits per heavy atom. The topological polar surface area (TPSA) is 44.0 Å². The zero-order valence-corrected chi connectivity index (χ0v) is 7.89. The van der Waals surface area contributed by atoms with Gasteiger partial charge in [-0.05, 0) is 25.2 Å². The summed E-state index contributed by atoms with van der Waals surface area (Å²) < 4.78 is 0. The third-order valence-electron chi connectivity index (χ3n) is 4.13. The van der Waals surface area contributed by atoms with Gasteiger partial charge in [0.2, 0.25) is 0 Å². The van der Waals surface area contributed by atoms with Crippen molar-refractivity contribution in [1.82, 2.24) is 0 Å². The fourth-order valence-electron chi connectivity index (χ4n) is 3.49. The van der Waals surface area contributed by atoms with Crippen LogP contribution in [0.1, 0.15) is 33.6 Å². The fourth-order valence-corrected chi connectivity index (χ4v) is 3.49. The molecule has 0 amide bonds. The Morgan fingerprint density at radius 1 is 1.33 bits per heavy atom. The van der Waals surface area contributed by atoms with Crippen LogP contribution in [0, 0.1) is 28.1 Å². The molecule has 0 aliphatic heterocycles. The first kappa shape index (κ1) is 8.07. The molecule has 2 aliphatic rings. The number of aliphatic hydroxyl groups is 1. The van der Waals surface area contributed by atoms with Gasteiger partial charge in [0.05, 0.1) is 17.1 Å². The lowest BCUT2D eigenvalue weighted by Crippen LogP contribution is -2.26. The standard InChI is InChI=1S/C10H15NO/c1-8(2)7-9(3,12)4-5-10(7,8)6-11/h7,12H,4-5H2,1-3H3/t7?,9-,10-/m1/s1. The van der Waals surface area contributed by atoms with Crippen molar-refractivity contribution in [2.45, 2.75) is 39.2 Å². The van der Waals surface area contributed by atoms with E-state index in [0.717, 1.165) is 12.8 Å². The number of fused-ring (bicyclic) bond motifs is 1. The molecule has 3 atom stereocenters. The monoisotopic (exact) mass is 165 g/mol. The molecule has 0 aromatic heterocycles. The Labute approximate surface area is 73.2 Å². The average Bonchev–Trinajstić information content (AvgIpc) is 2.26. The van der Waals surface area contributed by atoms with E-state index in [1.54, 1.807) is 0 Å². The molecule has 0 aromatic rings. The Balaban J connectivity index is 2.40. The highest BCUT2D eigenvalue weighted by Crippen LogP contribution is 2.78. The van der Waals surface area contributed by atoms with E-state index in [1.807, 2.05) is 6.92 Å². The van der Waals surface area contributed by atoms with E-state index in [2.05, 4.69) is 19.9 Å². The van der Waals surface area contributed by atoms with Crippen molar-refractivity contribution in [1.29, 1.82) is 5.26 Å². The van der Waals surface area contributed by atoms with Crippen LogP contribution in [0.3, 0.4) is 0 Å². The van der Waals surface area contributed by atoms with E-state index in [-0.39, 0.29) is 16.7 Å². The number of rotatable bonds is 0. The maximum absolute atomic E-state index is 9.99. The normalized spacial score (nSPS) is 54.4. The van der Waals surface area contributed by atoms with Gasteiger partial charge in [0, 0.05) is 5.92 Å². The van der Waals surface area contributed by atoms with Crippen LogP contribution in [0.15, 0.2) is 0 Å². The second-order valence-electron chi connectivity index (χ2n) is 5.10. The van der Waals surface area contributed by atoms with Gasteiger partial charge >= 0.3 is 0 Å². The largest absolute Gasteiger partial charge is 0.390 e. The molecule has 0 radical (unpaired) electrons. The maximum atomic E-state index is 9.99. The second-order valence-corrected chi connectivity index (χ2v) is 5.10. The predicted molar refractivity (Wildman–Crippen MR) is 45.2 cm³/mol. The SMILES string of the molecule is CC1(C)C2[C@]1(C#N)CC[C@@]2(C)O. The molecule has 2 heteroatoms. The van der Waals surface area contributed by atoms with Crippen molar-refractivity contribution >= 4 is 0 Å². The van der Waals surface area contributed by atoms with Crippen LogP contribution in [0.4, 0.5) is 0 Å². The highest BCUT2D eigenvalue weighted by atomic mass is 16.3. The summed E-state index contributed by atoms with van der Waals surface area (Å²) in [4.78, 5) is 0. The van der Waals surface area contributed by atoms with Crippen LogP contribution in [0.5, 0.6) is 0 Å². The Kier molecular flexibility index (Phi) is 1.14. The van der Waals surface area contributed by atoms with Crippen LogP contribution >= 0.6 is 0 Å². The maximum Gasteiger partial charge on any atom is 0.0699 e. The molecule has 0 aromatic carbocycles. The lowest BCUT2D eigenvalue weighted by Gasteiger charge is -2.22. The zero-order chi connectivity index (χ0) is 9.20. The van der Waals surface area contributed by atoms with E-state index in [1.165, 1.54) is 0 Å². The molecule has 0 heterocycles. The quantitative estimate of drug-likeness (QED) is 0.593. The molecule has 2 aliphatic carbocycles. The van der Waals surface area contributed by atoms with Gasteiger partial charge in [-0.3, -0.25) is 0 Å². The summed E-state index contributed by atoms with van der Waals surface area (Å²) in [6.45, 7) is 6.05. The van der Waals surface area contributed by atoms with E-state index >= 15 is 0 Å². The minimum Gasteiger partial charge on any atom is -0.390 e. The summed E-state index contributed by atoms with van der Waals surface area (Å²) in [5, 5.41) is 19.1. The fraction of sp³-hybridized carbons (Fsp3) is 0.900. The molecule has 66 valence electrons. The molecular formula is C10H15NO. The van der Waals surface area contributed by atoms with Gasteiger partial charge in [-0.15, -0.1) is 0 Å². The molecule has 1 unspecified atom stereocenters. The lowest BCUT2D eigenvalue weighted by atomic mass is 9.88. The summed E-state index contributed by atoms with van der Waals surface area (Å²) in [5.74, 6) is 0.197. The van der Waals surface area contributed by atoms with Crippen molar-refractivity contribution in [3.8, 4) is 6.07 Å². The van der Waals surface area contributed by atoms with Crippen LogP contribution in [0.25, 0.3) is 0 Å². The van der Waals surface area contributed by atoms with Crippen molar-refractivity contribution in [3.05, 3.63) is 0 Å². The van der Waals surface area contributed by atoms with Crippen molar-refractivity contribution in [2.75, 3.05) is 0 Å². The first-order chi connectivity index (χ1) is 5.38. The first-order valence-corrected chi connectivity index (χ1v) is 4.52. The average molecular weight is 165 g/mol. The lowest BCUT2D eigenvalue weighted by molar-refractivity contribution is 0.0285. The van der Waals surface area contributed by atoms with Crippen molar-refractivity contribution in [3.63, 3.8) is 0 Å². The molecule has 2 fully saturated rings. The molecule has 0 bridgehead atoms. The summed E-state index contributed by atoms with van der Waals surface area (Å²) in [6.07, 6.45) is 1.66. The smallest absolute Gasteiger partial charge is 0.0699 e. The van der Waals surface area contributed by atoms with Gasteiger partial charge in [-0.2, -0.15) is 5.26 Å². The Hall–Kier alpha value is -0.550. The summed E-state index contributed by atoms with van der Waals surface area (Å²) in [5.41, 5.74) is -0.779. The van der Waals surface area contributed by atoms with E-state index < -0.39 is 5.60 Å². The van der Waals surface area contributed by atoms with Crippen LogP contribution in [-0.4, -0.2) is 10.7 Å². The van der Waals surface area contributed by atoms with Crippen LogP contribution in [0.2, 0.25) is 0 Å². The zero-order valence-electron chi connectivity index (χ0n) is 7.89. The van der Waals surface area contributed by atoms with Gasteiger partial charge in [0.1, 0.15) is 0 Å². The Bertz CT molecular complexity index is 274. The number of hydrogen-bond donors (Lipinski definition) is 1. The summed E-state index contributed by atoms with van der Waals surface area (Å²) in [6, 6.07) is 2.40. The number of nitriles is 1. The van der Waals surface area contributed by atoms with Gasteiger partial charge < -0.3 is 5.11 Å². The molecule has 2 saturated carbocycles. The molecular weight excluding hydrogens is 150 g/mol. The van der Waals surface area contributed by atoms with Gasteiger partial charge in [-0.25, -0.2) is 0 Å². The van der Waals surface area contributed by atoms with E-state index in [9.17, 15) is 5.11 Å². The van der Waals surface area contributed by atoms with Crippen molar-refractivity contribution in [2.24, 2.45) is 16.7 Å². The molecule has 12 heavy (non-hydrogen) atoms. The highest BCUT2D eigenvalue weighted by Gasteiger charge is 2.80. The van der Waals surface area contributed by atoms with Crippen molar-refractivity contribution < 1.29 is 5.11 Å². The molecule has 0 saturated heterocycles. The first-order valence-electron chi connectivity index (χ1n) is 4.52. The summed E-state index contributed by atoms with van der Waals surface area (Å²) >= 11 is 0. The number of hydrogen-bond acceptors (Lipinski definition) is 2. The Morgan fingerprint density at radius 2 is 1.92 bits per heavy atom. The van der Waals surface area contributed by atoms with Gasteiger partial charge in [-0.1, -0.05) is 13.8 Å². The molecule has 2 nitrogen and oxygen atoms in total. The van der Waals surface area contributed by atoms with Gasteiger partial charge in [0.15, 0.2) is 0 Å². The molecule has 0 spiro atoms. The van der Waals surface area contributed by atoms with Crippen LogP contribution < -0.4 is 0 Å². The highest BCUT2D eigenvalue weighted by molar-refractivity contribution is 5.34. The predicted octanol–water partition coefficient (Wildman–Crippen LogP) is 1.70. The minimum absolute atomic E-state index is 0.0312. The molecule has 2 rings (SSSR count). The third-order valence-corrected chi connectivity index (χ3v) is 4.13. The van der Waals surface area contributed by atoms with E-state index in [0.29, 0.717) is 0 Å². The summed E-state index contributed by atoms with van der Waals surface area (Å²) in [7, 11) is 0. The third kappa shape index (κ3) is 0.569.